The van der Waals surface area contributed by atoms with Crippen molar-refractivity contribution in [3.63, 3.8) is 0 Å². The molecule has 1 heterocycles. The maximum Gasteiger partial charge on any atom is 0.109 e. The smallest absolute Gasteiger partial charge is 0.109 e. The van der Waals surface area contributed by atoms with Crippen molar-refractivity contribution in [3.8, 4) is 0 Å². The summed E-state index contributed by atoms with van der Waals surface area (Å²) in [6, 6.07) is 0. The maximum atomic E-state index is 4.33. The van der Waals surface area contributed by atoms with E-state index in [0.29, 0.717) is 5.41 Å². The molecule has 0 bridgehead atoms. The van der Waals surface area contributed by atoms with E-state index in [9.17, 15) is 0 Å². The van der Waals surface area contributed by atoms with E-state index in [-0.39, 0.29) is 0 Å². The van der Waals surface area contributed by atoms with Crippen molar-refractivity contribution < 1.29 is 0 Å². The molecule has 1 saturated carbocycles. The second-order valence-corrected chi connectivity index (χ2v) is 5.40. The summed E-state index contributed by atoms with van der Waals surface area (Å²) in [7, 11) is 2.06. The van der Waals surface area contributed by atoms with Crippen molar-refractivity contribution in [3.05, 3.63) is 18.2 Å². The van der Waals surface area contributed by atoms with Crippen LogP contribution in [0.15, 0.2) is 12.4 Å². The van der Waals surface area contributed by atoms with Gasteiger partial charge >= 0.3 is 0 Å². The summed E-state index contributed by atoms with van der Waals surface area (Å²) in [6.45, 7) is 4.62. The first-order chi connectivity index (χ1) is 7.70. The van der Waals surface area contributed by atoms with Crippen LogP contribution in [0.25, 0.3) is 0 Å². The predicted molar refractivity (Wildman–Crippen MR) is 66.4 cm³/mol. The summed E-state index contributed by atoms with van der Waals surface area (Å²) in [6.07, 6.45) is 10.5. The normalized spacial score (nSPS) is 19.1. The Morgan fingerprint density at radius 2 is 2.19 bits per heavy atom. The van der Waals surface area contributed by atoms with Gasteiger partial charge in [0.2, 0.25) is 0 Å². The minimum atomic E-state index is 0.557. The summed E-state index contributed by atoms with van der Waals surface area (Å²) in [5, 5.41) is 3.58. The van der Waals surface area contributed by atoms with Crippen molar-refractivity contribution in [1.29, 1.82) is 0 Å². The third-order valence-corrected chi connectivity index (χ3v) is 3.81. The SMILES string of the molecule is Cn1ccnc1CCNCC1(C)CCCC1. The van der Waals surface area contributed by atoms with Crippen LogP contribution in [0.1, 0.15) is 38.4 Å². The Morgan fingerprint density at radius 3 is 2.81 bits per heavy atom. The van der Waals surface area contributed by atoms with E-state index in [1.54, 1.807) is 0 Å². The van der Waals surface area contributed by atoms with Crippen LogP contribution < -0.4 is 5.32 Å². The predicted octanol–water partition coefficient (Wildman–Crippen LogP) is 2.13. The van der Waals surface area contributed by atoms with E-state index >= 15 is 0 Å². The van der Waals surface area contributed by atoms with Crippen molar-refractivity contribution in [1.82, 2.24) is 14.9 Å². The van der Waals surface area contributed by atoms with Gasteiger partial charge in [0.1, 0.15) is 5.82 Å². The molecule has 1 N–H and O–H groups in total. The molecule has 3 nitrogen and oxygen atoms in total. The number of rotatable bonds is 5. The van der Waals surface area contributed by atoms with E-state index < -0.39 is 0 Å². The van der Waals surface area contributed by atoms with Crippen LogP contribution in [-0.2, 0) is 13.5 Å². The van der Waals surface area contributed by atoms with Crippen molar-refractivity contribution in [2.75, 3.05) is 13.1 Å². The van der Waals surface area contributed by atoms with Gasteiger partial charge in [-0.15, -0.1) is 0 Å². The van der Waals surface area contributed by atoms with Crippen molar-refractivity contribution in [2.45, 2.75) is 39.0 Å². The topological polar surface area (TPSA) is 29.9 Å². The number of aromatic nitrogens is 2. The minimum Gasteiger partial charge on any atom is -0.338 e. The van der Waals surface area contributed by atoms with E-state index in [2.05, 4.69) is 28.8 Å². The summed E-state index contributed by atoms with van der Waals surface area (Å²) in [5.41, 5.74) is 0.557. The molecule has 0 radical (unpaired) electrons. The zero-order valence-corrected chi connectivity index (χ0v) is 10.5. The summed E-state index contributed by atoms with van der Waals surface area (Å²) >= 11 is 0. The average molecular weight is 221 g/mol. The largest absolute Gasteiger partial charge is 0.338 e. The van der Waals surface area contributed by atoms with E-state index in [0.717, 1.165) is 19.5 Å². The van der Waals surface area contributed by atoms with Crippen LogP contribution in [-0.4, -0.2) is 22.6 Å². The molecule has 1 aromatic heterocycles. The second-order valence-electron chi connectivity index (χ2n) is 5.40. The lowest BCUT2D eigenvalue weighted by atomic mass is 9.89. The molecule has 1 fully saturated rings. The van der Waals surface area contributed by atoms with Crippen LogP contribution >= 0.6 is 0 Å². The van der Waals surface area contributed by atoms with Crippen LogP contribution in [0.3, 0.4) is 0 Å². The van der Waals surface area contributed by atoms with Gasteiger partial charge in [-0.1, -0.05) is 19.8 Å². The first-order valence-electron chi connectivity index (χ1n) is 6.37. The number of aryl methyl sites for hydroxylation is 1. The molecule has 1 aliphatic carbocycles. The number of nitrogens with one attached hydrogen (secondary N) is 1. The highest BCUT2D eigenvalue weighted by atomic mass is 15.0. The number of hydrogen-bond acceptors (Lipinski definition) is 2. The zero-order chi connectivity index (χ0) is 11.4. The number of nitrogens with zero attached hydrogens (tertiary/aromatic N) is 2. The highest BCUT2D eigenvalue weighted by molar-refractivity contribution is 4.92. The molecule has 16 heavy (non-hydrogen) atoms. The van der Waals surface area contributed by atoms with Gasteiger partial charge in [0.25, 0.3) is 0 Å². The Balaban J connectivity index is 1.67. The van der Waals surface area contributed by atoms with Gasteiger partial charge in [0.15, 0.2) is 0 Å². The lowest BCUT2D eigenvalue weighted by molar-refractivity contribution is 0.316. The molecule has 0 unspecified atom stereocenters. The Kier molecular flexibility index (Phi) is 3.64. The monoisotopic (exact) mass is 221 g/mol. The molecular weight excluding hydrogens is 198 g/mol. The standard InChI is InChI=1S/C13H23N3/c1-13(6-3-4-7-13)11-14-8-5-12-15-9-10-16(12)2/h9-10,14H,3-8,11H2,1-2H3. The maximum absolute atomic E-state index is 4.33. The lowest BCUT2D eigenvalue weighted by Gasteiger charge is -2.23. The molecule has 90 valence electrons. The molecule has 2 rings (SSSR count). The first-order valence-corrected chi connectivity index (χ1v) is 6.37. The zero-order valence-electron chi connectivity index (χ0n) is 10.5. The van der Waals surface area contributed by atoms with Gasteiger partial charge in [0, 0.05) is 39.0 Å². The first kappa shape index (κ1) is 11.6. The van der Waals surface area contributed by atoms with Gasteiger partial charge < -0.3 is 9.88 Å². The van der Waals surface area contributed by atoms with Crippen LogP contribution in [0.5, 0.6) is 0 Å². The van der Waals surface area contributed by atoms with Gasteiger partial charge in [-0.05, 0) is 18.3 Å². The Hall–Kier alpha value is -0.830. The number of hydrogen-bond donors (Lipinski definition) is 1. The average Bonchev–Trinajstić information content (AvgIpc) is 2.84. The minimum absolute atomic E-state index is 0.557. The van der Waals surface area contributed by atoms with E-state index in [4.69, 9.17) is 0 Å². The third kappa shape index (κ3) is 2.85. The van der Waals surface area contributed by atoms with Crippen LogP contribution in [0, 0.1) is 5.41 Å². The number of imidazole rings is 1. The molecule has 0 aromatic carbocycles. The summed E-state index contributed by atoms with van der Waals surface area (Å²) < 4.78 is 2.10. The van der Waals surface area contributed by atoms with Gasteiger partial charge in [-0.25, -0.2) is 4.98 Å². The molecule has 0 saturated heterocycles. The summed E-state index contributed by atoms with van der Waals surface area (Å²) in [4.78, 5) is 4.33. The molecule has 3 heteroatoms. The quantitative estimate of drug-likeness (QED) is 0.772. The van der Waals surface area contributed by atoms with Gasteiger partial charge in [-0.3, -0.25) is 0 Å². The molecular formula is C13H23N3. The highest BCUT2D eigenvalue weighted by Gasteiger charge is 2.27. The molecule has 1 aliphatic rings. The van der Waals surface area contributed by atoms with E-state index in [1.165, 1.54) is 31.5 Å². The highest BCUT2D eigenvalue weighted by Crippen LogP contribution is 2.36. The van der Waals surface area contributed by atoms with Gasteiger partial charge in [-0.2, -0.15) is 0 Å². The van der Waals surface area contributed by atoms with Gasteiger partial charge in [0.05, 0.1) is 0 Å². The second kappa shape index (κ2) is 5.00. The van der Waals surface area contributed by atoms with Crippen LogP contribution in [0.4, 0.5) is 0 Å². The Labute approximate surface area is 98.3 Å². The molecule has 0 spiro atoms. The third-order valence-electron chi connectivity index (χ3n) is 3.81. The molecule has 0 atom stereocenters. The lowest BCUT2D eigenvalue weighted by Crippen LogP contribution is -2.31. The van der Waals surface area contributed by atoms with Crippen molar-refractivity contribution >= 4 is 0 Å². The van der Waals surface area contributed by atoms with Crippen molar-refractivity contribution in [2.24, 2.45) is 12.5 Å². The van der Waals surface area contributed by atoms with Crippen LogP contribution in [0.2, 0.25) is 0 Å². The molecule has 0 amide bonds. The summed E-state index contributed by atoms with van der Waals surface area (Å²) in [5.74, 6) is 1.17. The Bertz CT molecular complexity index is 324. The molecule has 0 aliphatic heterocycles. The fraction of sp³-hybridized carbons (Fsp3) is 0.769. The van der Waals surface area contributed by atoms with E-state index in [1.807, 2.05) is 12.4 Å². The fourth-order valence-corrected chi connectivity index (χ4v) is 2.63. The fourth-order valence-electron chi connectivity index (χ4n) is 2.63. The Morgan fingerprint density at radius 1 is 1.44 bits per heavy atom. The molecule has 1 aromatic rings.